The maximum absolute atomic E-state index is 12.6. The highest BCUT2D eigenvalue weighted by molar-refractivity contribution is 7.13. The first kappa shape index (κ1) is 16.4. The summed E-state index contributed by atoms with van der Waals surface area (Å²) in [5.41, 5.74) is -0.838. The van der Waals surface area contributed by atoms with Crippen molar-refractivity contribution < 1.29 is 19.4 Å². The minimum atomic E-state index is -0.838. The molecule has 0 spiro atoms. The van der Waals surface area contributed by atoms with Gasteiger partial charge in [-0.05, 0) is 19.1 Å². The standard InChI is InChI=1S/C16H22N2O4S/c1-11-3-4-13(23-11)14(19)18-8-12-7-17(5-6-22-2)9-16(12,10-18)15(20)21/h3-4,12H,5-10H2,1-2H3,(H,20,21)/t12-,16-/m0/s1. The number of carbonyl (C=O) groups excluding carboxylic acids is 1. The lowest BCUT2D eigenvalue weighted by molar-refractivity contribution is -0.148. The zero-order valence-corrected chi connectivity index (χ0v) is 14.3. The van der Waals surface area contributed by atoms with Crippen molar-refractivity contribution in [3.05, 3.63) is 21.9 Å². The van der Waals surface area contributed by atoms with Crippen molar-refractivity contribution in [1.29, 1.82) is 0 Å². The van der Waals surface area contributed by atoms with Crippen LogP contribution >= 0.6 is 11.3 Å². The summed E-state index contributed by atoms with van der Waals surface area (Å²) in [6, 6.07) is 3.75. The van der Waals surface area contributed by atoms with E-state index in [0.717, 1.165) is 11.4 Å². The van der Waals surface area contributed by atoms with Crippen molar-refractivity contribution in [3.8, 4) is 0 Å². The van der Waals surface area contributed by atoms with Crippen molar-refractivity contribution in [1.82, 2.24) is 9.80 Å². The zero-order chi connectivity index (χ0) is 16.6. The number of hydrogen-bond donors (Lipinski definition) is 1. The van der Waals surface area contributed by atoms with Crippen molar-refractivity contribution in [3.63, 3.8) is 0 Å². The molecule has 1 aromatic heterocycles. The van der Waals surface area contributed by atoms with Crippen molar-refractivity contribution in [2.24, 2.45) is 11.3 Å². The second-order valence-electron chi connectivity index (χ2n) is 6.48. The molecule has 3 heterocycles. The molecule has 126 valence electrons. The molecule has 23 heavy (non-hydrogen) atoms. The number of carboxylic acids is 1. The van der Waals surface area contributed by atoms with Gasteiger partial charge >= 0.3 is 5.97 Å². The molecule has 0 saturated carbocycles. The van der Waals surface area contributed by atoms with Crippen LogP contribution in [-0.4, -0.2) is 73.2 Å². The van der Waals surface area contributed by atoms with E-state index in [4.69, 9.17) is 4.74 Å². The number of aryl methyl sites for hydroxylation is 1. The monoisotopic (exact) mass is 338 g/mol. The second kappa shape index (κ2) is 6.22. The van der Waals surface area contributed by atoms with Crippen LogP contribution in [0, 0.1) is 18.3 Å². The van der Waals surface area contributed by atoms with Crippen LogP contribution in [0.3, 0.4) is 0 Å². The van der Waals surface area contributed by atoms with Gasteiger partial charge in [0.2, 0.25) is 0 Å². The van der Waals surface area contributed by atoms with Crippen LogP contribution in [0.1, 0.15) is 14.5 Å². The molecule has 2 aliphatic heterocycles. The van der Waals surface area contributed by atoms with Gasteiger partial charge in [-0.2, -0.15) is 0 Å². The van der Waals surface area contributed by atoms with Crippen LogP contribution in [0.25, 0.3) is 0 Å². The SMILES string of the molecule is COCCN1C[C@H]2CN(C(=O)c3ccc(C)s3)C[C@@]2(C(=O)O)C1. The molecule has 2 fully saturated rings. The van der Waals surface area contributed by atoms with Crippen LogP contribution in [0.2, 0.25) is 0 Å². The van der Waals surface area contributed by atoms with Crippen LogP contribution < -0.4 is 0 Å². The number of ether oxygens (including phenoxy) is 1. The summed E-state index contributed by atoms with van der Waals surface area (Å²) in [5.74, 6) is -0.844. The third kappa shape index (κ3) is 2.88. The molecule has 2 atom stereocenters. The molecule has 7 heteroatoms. The van der Waals surface area contributed by atoms with Gasteiger partial charge in [-0.3, -0.25) is 14.5 Å². The average Bonchev–Trinajstić information content (AvgIpc) is 3.16. The molecule has 0 aromatic carbocycles. The second-order valence-corrected chi connectivity index (χ2v) is 7.77. The molecule has 2 saturated heterocycles. The summed E-state index contributed by atoms with van der Waals surface area (Å²) < 4.78 is 5.09. The number of thiophene rings is 1. The molecule has 1 amide bonds. The molecular formula is C16H22N2O4S. The van der Waals surface area contributed by atoms with Crippen LogP contribution in [0.5, 0.6) is 0 Å². The van der Waals surface area contributed by atoms with E-state index >= 15 is 0 Å². The first-order chi connectivity index (χ1) is 11.0. The number of hydrogen-bond acceptors (Lipinski definition) is 5. The number of methoxy groups -OCH3 is 1. The van der Waals surface area contributed by atoms with Crippen LogP contribution in [-0.2, 0) is 9.53 Å². The molecular weight excluding hydrogens is 316 g/mol. The Bertz CT molecular complexity index is 617. The van der Waals surface area contributed by atoms with E-state index in [9.17, 15) is 14.7 Å². The number of fused-ring (bicyclic) bond motifs is 1. The summed E-state index contributed by atoms with van der Waals surface area (Å²) in [5, 5.41) is 9.80. The Morgan fingerprint density at radius 3 is 2.74 bits per heavy atom. The number of carbonyl (C=O) groups is 2. The number of nitrogens with zero attached hydrogens (tertiary/aromatic N) is 2. The highest BCUT2D eigenvalue weighted by atomic mass is 32.1. The summed E-state index contributed by atoms with van der Waals surface area (Å²) >= 11 is 1.46. The van der Waals surface area contributed by atoms with Gasteiger partial charge in [0.05, 0.1) is 11.5 Å². The van der Waals surface area contributed by atoms with Gasteiger partial charge in [-0.15, -0.1) is 11.3 Å². The molecule has 0 aliphatic carbocycles. The number of rotatable bonds is 5. The van der Waals surface area contributed by atoms with E-state index in [1.54, 1.807) is 12.0 Å². The lowest BCUT2D eigenvalue weighted by atomic mass is 9.81. The summed E-state index contributed by atoms with van der Waals surface area (Å²) in [4.78, 5) is 30.2. The first-order valence-electron chi connectivity index (χ1n) is 7.76. The smallest absolute Gasteiger partial charge is 0.313 e. The zero-order valence-electron chi connectivity index (χ0n) is 13.4. The third-order valence-electron chi connectivity index (χ3n) is 4.96. The Morgan fingerprint density at radius 1 is 1.39 bits per heavy atom. The molecule has 0 unspecified atom stereocenters. The number of likely N-dealkylation sites (tertiary alicyclic amines) is 2. The topological polar surface area (TPSA) is 70.1 Å². The highest BCUT2D eigenvalue weighted by Crippen LogP contribution is 2.43. The molecule has 0 bridgehead atoms. The van der Waals surface area contributed by atoms with Crippen molar-refractivity contribution in [2.75, 3.05) is 46.4 Å². The Hall–Kier alpha value is -1.44. The van der Waals surface area contributed by atoms with E-state index in [0.29, 0.717) is 37.7 Å². The van der Waals surface area contributed by atoms with Gasteiger partial charge in [0.25, 0.3) is 5.91 Å². The molecule has 1 aromatic rings. The lowest BCUT2D eigenvalue weighted by Crippen LogP contribution is -2.42. The van der Waals surface area contributed by atoms with Gasteiger partial charge < -0.3 is 14.7 Å². The number of aliphatic carboxylic acids is 1. The summed E-state index contributed by atoms with van der Waals surface area (Å²) in [6.45, 7) is 5.32. The van der Waals surface area contributed by atoms with E-state index in [-0.39, 0.29) is 11.8 Å². The molecule has 1 N–H and O–H groups in total. The van der Waals surface area contributed by atoms with Crippen molar-refractivity contribution >= 4 is 23.2 Å². The van der Waals surface area contributed by atoms with Gasteiger partial charge in [0.15, 0.2) is 0 Å². The molecule has 6 nitrogen and oxygen atoms in total. The Balaban J connectivity index is 1.74. The van der Waals surface area contributed by atoms with Crippen LogP contribution in [0.4, 0.5) is 0 Å². The normalized spacial score (nSPS) is 27.4. The van der Waals surface area contributed by atoms with Gasteiger partial charge in [-0.1, -0.05) is 0 Å². The Morgan fingerprint density at radius 2 is 2.17 bits per heavy atom. The van der Waals surface area contributed by atoms with E-state index in [1.807, 2.05) is 19.1 Å². The molecule has 3 rings (SSSR count). The van der Waals surface area contributed by atoms with Crippen molar-refractivity contribution in [2.45, 2.75) is 6.92 Å². The average molecular weight is 338 g/mol. The predicted molar refractivity (Wildman–Crippen MR) is 86.8 cm³/mol. The molecule has 2 aliphatic rings. The minimum Gasteiger partial charge on any atom is -0.481 e. The highest BCUT2D eigenvalue weighted by Gasteiger charge is 2.58. The van der Waals surface area contributed by atoms with Gasteiger partial charge in [-0.25, -0.2) is 0 Å². The predicted octanol–water partition coefficient (Wildman–Crippen LogP) is 1.16. The molecule has 0 radical (unpaired) electrons. The van der Waals surface area contributed by atoms with E-state index in [2.05, 4.69) is 4.90 Å². The summed E-state index contributed by atoms with van der Waals surface area (Å²) in [6.07, 6.45) is 0. The summed E-state index contributed by atoms with van der Waals surface area (Å²) in [7, 11) is 1.65. The van der Waals surface area contributed by atoms with Gasteiger partial charge in [0, 0.05) is 50.6 Å². The fourth-order valence-corrected chi connectivity index (χ4v) is 4.56. The number of amides is 1. The van der Waals surface area contributed by atoms with Crippen LogP contribution in [0.15, 0.2) is 12.1 Å². The number of carboxylic acid groups (broad SMARTS) is 1. The Kier molecular flexibility index (Phi) is 4.44. The fourth-order valence-electron chi connectivity index (χ4n) is 3.72. The first-order valence-corrected chi connectivity index (χ1v) is 8.58. The maximum atomic E-state index is 12.6. The maximum Gasteiger partial charge on any atom is 0.313 e. The largest absolute Gasteiger partial charge is 0.481 e. The van der Waals surface area contributed by atoms with Gasteiger partial charge in [0.1, 0.15) is 5.41 Å². The van der Waals surface area contributed by atoms with E-state index < -0.39 is 11.4 Å². The quantitative estimate of drug-likeness (QED) is 0.872. The third-order valence-corrected chi connectivity index (χ3v) is 5.94. The Labute approximate surface area is 139 Å². The fraction of sp³-hybridized carbons (Fsp3) is 0.625. The minimum absolute atomic E-state index is 0.0122. The van der Waals surface area contributed by atoms with E-state index in [1.165, 1.54) is 11.3 Å². The lowest BCUT2D eigenvalue weighted by Gasteiger charge is -2.25.